The Hall–Kier alpha value is -2.11. The van der Waals surface area contributed by atoms with Crippen LogP contribution in [-0.2, 0) is 4.79 Å². The Morgan fingerprint density at radius 2 is 1.80 bits per heavy atom. The van der Waals surface area contributed by atoms with Crippen molar-refractivity contribution in [2.24, 2.45) is 0 Å². The molecule has 1 aromatic rings. The Morgan fingerprint density at radius 3 is 2.35 bits per heavy atom. The second-order valence-electron chi connectivity index (χ2n) is 4.90. The van der Waals surface area contributed by atoms with Gasteiger partial charge in [-0.15, -0.1) is 0 Å². The molecule has 1 fully saturated rings. The third-order valence-corrected chi connectivity index (χ3v) is 3.29. The van der Waals surface area contributed by atoms with Crippen LogP contribution in [0.4, 0.5) is 14.9 Å². The topological polar surface area (TPSA) is 61.4 Å². The molecule has 2 rings (SSSR count). The van der Waals surface area contributed by atoms with Crippen LogP contribution in [0.5, 0.6) is 0 Å². The van der Waals surface area contributed by atoms with Crippen molar-refractivity contribution in [2.75, 3.05) is 18.4 Å². The number of amides is 3. The van der Waals surface area contributed by atoms with Crippen LogP contribution in [-0.4, -0.2) is 36.0 Å². The molecule has 2 N–H and O–H groups in total. The van der Waals surface area contributed by atoms with Gasteiger partial charge in [0.1, 0.15) is 5.82 Å². The monoisotopic (exact) mass is 279 g/mol. The lowest BCUT2D eigenvalue weighted by Crippen LogP contribution is -2.47. The van der Waals surface area contributed by atoms with E-state index in [0.29, 0.717) is 18.8 Å². The Morgan fingerprint density at radius 1 is 1.20 bits per heavy atom. The molecule has 5 nitrogen and oxygen atoms in total. The van der Waals surface area contributed by atoms with Crippen molar-refractivity contribution in [1.82, 2.24) is 10.2 Å². The van der Waals surface area contributed by atoms with E-state index in [4.69, 9.17) is 0 Å². The zero-order chi connectivity index (χ0) is 14.5. The molecule has 0 aliphatic carbocycles. The number of likely N-dealkylation sites (tertiary alicyclic amines) is 1. The molecule has 1 aliphatic rings. The van der Waals surface area contributed by atoms with Crippen molar-refractivity contribution >= 4 is 17.6 Å². The van der Waals surface area contributed by atoms with Gasteiger partial charge in [-0.2, -0.15) is 0 Å². The number of rotatable bonds is 2. The van der Waals surface area contributed by atoms with Crippen LogP contribution in [0.25, 0.3) is 0 Å². The maximum Gasteiger partial charge on any atom is 0.321 e. The van der Waals surface area contributed by atoms with Gasteiger partial charge in [-0.1, -0.05) is 0 Å². The lowest BCUT2D eigenvalue weighted by molar-refractivity contribution is -0.119. The summed E-state index contributed by atoms with van der Waals surface area (Å²) in [5.74, 6) is -0.377. The van der Waals surface area contributed by atoms with Crippen molar-refractivity contribution < 1.29 is 14.0 Å². The Balaban J connectivity index is 1.82. The van der Waals surface area contributed by atoms with Gasteiger partial charge in [0.25, 0.3) is 0 Å². The highest BCUT2D eigenvalue weighted by Gasteiger charge is 2.23. The van der Waals surface area contributed by atoms with Crippen molar-refractivity contribution in [3.63, 3.8) is 0 Å². The van der Waals surface area contributed by atoms with Crippen molar-refractivity contribution in [2.45, 2.75) is 25.8 Å². The van der Waals surface area contributed by atoms with Gasteiger partial charge in [-0.05, 0) is 37.1 Å². The minimum absolute atomic E-state index is 0.0424. The summed E-state index contributed by atoms with van der Waals surface area (Å²) in [5, 5.41) is 5.59. The number of benzene rings is 1. The van der Waals surface area contributed by atoms with Crippen LogP contribution in [0.2, 0.25) is 0 Å². The quantitative estimate of drug-likeness (QED) is 0.869. The molecule has 0 radical (unpaired) electrons. The van der Waals surface area contributed by atoms with E-state index in [-0.39, 0.29) is 23.8 Å². The summed E-state index contributed by atoms with van der Waals surface area (Å²) >= 11 is 0. The van der Waals surface area contributed by atoms with E-state index >= 15 is 0 Å². The molecule has 0 atom stereocenters. The summed E-state index contributed by atoms with van der Waals surface area (Å²) in [6.07, 6.45) is 1.49. The standard InChI is InChI=1S/C14H18FN3O2/c1-10(19)16-13-6-8-18(9-7-13)14(20)17-12-4-2-11(15)3-5-12/h2-5,13H,6-9H2,1H3,(H,16,19)(H,17,20). The van der Waals surface area contributed by atoms with Crippen LogP contribution >= 0.6 is 0 Å². The summed E-state index contributed by atoms with van der Waals surface area (Å²) in [4.78, 5) is 24.7. The number of hydrogen-bond donors (Lipinski definition) is 2. The fourth-order valence-electron chi connectivity index (χ4n) is 2.25. The average Bonchev–Trinajstić information content (AvgIpc) is 2.41. The van der Waals surface area contributed by atoms with Gasteiger partial charge in [-0.25, -0.2) is 9.18 Å². The molecular formula is C14H18FN3O2. The largest absolute Gasteiger partial charge is 0.353 e. The molecule has 0 unspecified atom stereocenters. The predicted molar refractivity (Wildman–Crippen MR) is 73.8 cm³/mol. The molecule has 1 aliphatic heterocycles. The van der Waals surface area contributed by atoms with Crippen LogP contribution in [0.1, 0.15) is 19.8 Å². The number of anilines is 1. The highest BCUT2D eigenvalue weighted by Crippen LogP contribution is 2.13. The van der Waals surface area contributed by atoms with Gasteiger partial charge in [0.15, 0.2) is 0 Å². The number of carbonyl (C=O) groups is 2. The van der Waals surface area contributed by atoms with E-state index in [1.54, 1.807) is 4.90 Å². The van der Waals surface area contributed by atoms with Crippen molar-refractivity contribution in [3.8, 4) is 0 Å². The SMILES string of the molecule is CC(=O)NC1CCN(C(=O)Nc2ccc(F)cc2)CC1. The maximum atomic E-state index is 12.8. The maximum absolute atomic E-state index is 12.8. The van der Waals surface area contributed by atoms with Gasteiger partial charge >= 0.3 is 6.03 Å². The number of urea groups is 1. The molecule has 20 heavy (non-hydrogen) atoms. The highest BCUT2D eigenvalue weighted by atomic mass is 19.1. The van der Waals surface area contributed by atoms with Crippen LogP contribution < -0.4 is 10.6 Å². The molecule has 0 bridgehead atoms. The molecule has 108 valence electrons. The lowest BCUT2D eigenvalue weighted by Gasteiger charge is -2.32. The Kier molecular flexibility index (Phi) is 4.55. The number of piperidine rings is 1. The number of carbonyl (C=O) groups excluding carboxylic acids is 2. The van der Waals surface area contributed by atoms with E-state index in [1.165, 1.54) is 31.2 Å². The molecule has 3 amide bonds. The zero-order valence-electron chi connectivity index (χ0n) is 11.4. The summed E-state index contributed by atoms with van der Waals surface area (Å²) in [7, 11) is 0. The molecule has 0 saturated carbocycles. The number of halogens is 1. The van der Waals surface area contributed by atoms with Gasteiger partial charge in [0.05, 0.1) is 0 Å². The minimum Gasteiger partial charge on any atom is -0.353 e. The smallest absolute Gasteiger partial charge is 0.321 e. The average molecular weight is 279 g/mol. The van der Waals surface area contributed by atoms with Crippen molar-refractivity contribution in [1.29, 1.82) is 0 Å². The van der Waals surface area contributed by atoms with Gasteiger partial charge < -0.3 is 15.5 Å². The van der Waals surface area contributed by atoms with E-state index in [9.17, 15) is 14.0 Å². The van der Waals surface area contributed by atoms with Gasteiger partial charge in [-0.3, -0.25) is 4.79 Å². The lowest BCUT2D eigenvalue weighted by atomic mass is 10.1. The summed E-state index contributed by atoms with van der Waals surface area (Å²) in [5.41, 5.74) is 0.570. The number of hydrogen-bond acceptors (Lipinski definition) is 2. The minimum atomic E-state index is -0.334. The molecule has 0 aromatic heterocycles. The molecule has 1 aromatic carbocycles. The first-order valence-electron chi connectivity index (χ1n) is 6.63. The molecule has 1 heterocycles. The highest BCUT2D eigenvalue weighted by molar-refractivity contribution is 5.89. The van der Waals surface area contributed by atoms with Crippen LogP contribution in [0.3, 0.4) is 0 Å². The van der Waals surface area contributed by atoms with E-state index in [0.717, 1.165) is 12.8 Å². The third kappa shape index (κ3) is 3.94. The Bertz CT molecular complexity index is 482. The van der Waals surface area contributed by atoms with E-state index in [1.807, 2.05) is 0 Å². The second kappa shape index (κ2) is 6.36. The van der Waals surface area contributed by atoms with Gasteiger partial charge in [0, 0.05) is 31.7 Å². The van der Waals surface area contributed by atoms with Crippen LogP contribution in [0, 0.1) is 5.82 Å². The normalized spacial score (nSPS) is 15.8. The fourth-order valence-corrected chi connectivity index (χ4v) is 2.25. The van der Waals surface area contributed by atoms with Gasteiger partial charge in [0.2, 0.25) is 5.91 Å². The third-order valence-electron chi connectivity index (χ3n) is 3.29. The number of nitrogens with zero attached hydrogens (tertiary/aromatic N) is 1. The second-order valence-corrected chi connectivity index (χ2v) is 4.90. The molecular weight excluding hydrogens is 261 g/mol. The fraction of sp³-hybridized carbons (Fsp3) is 0.429. The first kappa shape index (κ1) is 14.3. The van der Waals surface area contributed by atoms with Crippen molar-refractivity contribution in [3.05, 3.63) is 30.1 Å². The first-order chi connectivity index (χ1) is 9.54. The predicted octanol–water partition coefficient (Wildman–Crippen LogP) is 1.96. The molecule has 1 saturated heterocycles. The number of nitrogens with one attached hydrogen (secondary N) is 2. The summed E-state index contributed by atoms with van der Waals surface area (Å²) in [6, 6.07) is 5.60. The molecule has 6 heteroatoms. The first-order valence-corrected chi connectivity index (χ1v) is 6.63. The van der Waals surface area contributed by atoms with E-state index in [2.05, 4.69) is 10.6 Å². The van der Waals surface area contributed by atoms with Crippen LogP contribution in [0.15, 0.2) is 24.3 Å². The molecule has 0 spiro atoms. The Labute approximate surface area is 117 Å². The zero-order valence-corrected chi connectivity index (χ0v) is 11.4. The summed E-state index contributed by atoms with van der Waals surface area (Å²) in [6.45, 7) is 2.68. The van der Waals surface area contributed by atoms with E-state index < -0.39 is 0 Å². The summed E-state index contributed by atoms with van der Waals surface area (Å²) < 4.78 is 12.8.